The Labute approximate surface area is 179 Å². The van der Waals surface area contributed by atoms with Crippen LogP contribution in [0.15, 0.2) is 35.7 Å². The van der Waals surface area contributed by atoms with Gasteiger partial charge in [-0.25, -0.2) is 14.4 Å². The van der Waals surface area contributed by atoms with Crippen molar-refractivity contribution in [3.8, 4) is 10.7 Å². The molecule has 31 heavy (non-hydrogen) atoms. The lowest BCUT2D eigenvalue weighted by Crippen LogP contribution is -2.28. The number of thiophene rings is 1. The number of piperidine rings is 1. The molecule has 0 bridgehead atoms. The first-order valence-electron chi connectivity index (χ1n) is 10.2. The molecule has 4 aromatic rings. The molecule has 9 heteroatoms. The predicted molar refractivity (Wildman–Crippen MR) is 114 cm³/mol. The minimum absolute atomic E-state index is 0.0134. The monoisotopic (exact) mass is 448 g/mol. The molecule has 5 rings (SSSR count). The van der Waals surface area contributed by atoms with Crippen LogP contribution in [-0.2, 0) is 12.7 Å². The summed E-state index contributed by atoms with van der Waals surface area (Å²) >= 11 is 1.43. The molecule has 3 aromatic heterocycles. The van der Waals surface area contributed by atoms with Gasteiger partial charge in [0.1, 0.15) is 11.3 Å². The highest BCUT2D eigenvalue weighted by molar-refractivity contribution is 7.13. The van der Waals surface area contributed by atoms with Crippen LogP contribution < -0.4 is 5.32 Å². The normalized spacial score (nSPS) is 15.9. The third kappa shape index (κ3) is 3.80. The molecule has 0 aliphatic carbocycles. The van der Waals surface area contributed by atoms with E-state index in [0.717, 1.165) is 43.3 Å². The van der Waals surface area contributed by atoms with Crippen LogP contribution in [-0.4, -0.2) is 27.6 Å². The van der Waals surface area contributed by atoms with Crippen LogP contribution in [0.5, 0.6) is 0 Å². The van der Waals surface area contributed by atoms with Crippen LogP contribution in [0.25, 0.3) is 32.6 Å². The molecule has 0 atom stereocenters. The van der Waals surface area contributed by atoms with Gasteiger partial charge in [-0.05, 0) is 61.8 Å². The summed E-state index contributed by atoms with van der Waals surface area (Å²) in [6, 6.07) is 7.52. The largest absolute Gasteiger partial charge is 0.435 e. The molecule has 1 aliphatic heterocycles. The highest BCUT2D eigenvalue weighted by atomic mass is 32.1. The average molecular weight is 448 g/mol. The van der Waals surface area contributed by atoms with Crippen molar-refractivity contribution < 1.29 is 17.6 Å². The van der Waals surface area contributed by atoms with Gasteiger partial charge in [-0.15, -0.1) is 11.3 Å². The van der Waals surface area contributed by atoms with Crippen LogP contribution in [0.1, 0.15) is 25.0 Å². The maximum absolute atomic E-state index is 13.9. The Hall–Kier alpha value is -2.52. The zero-order chi connectivity index (χ0) is 21.6. The van der Waals surface area contributed by atoms with Crippen LogP contribution in [0.4, 0.5) is 17.6 Å². The maximum Gasteiger partial charge on any atom is 0.435 e. The van der Waals surface area contributed by atoms with Gasteiger partial charge in [0.15, 0.2) is 11.5 Å². The Morgan fingerprint density at radius 1 is 1.13 bits per heavy atom. The van der Waals surface area contributed by atoms with Gasteiger partial charge in [0.25, 0.3) is 0 Å². The molecule has 1 N–H and O–H groups in total. The van der Waals surface area contributed by atoms with E-state index in [0.29, 0.717) is 29.2 Å². The van der Waals surface area contributed by atoms with E-state index in [1.165, 1.54) is 23.5 Å². The van der Waals surface area contributed by atoms with Crippen molar-refractivity contribution in [2.75, 3.05) is 13.1 Å². The summed E-state index contributed by atoms with van der Waals surface area (Å²) in [5.41, 5.74) is -0.894. The minimum atomic E-state index is -4.69. The number of aryl methyl sites for hydroxylation is 1. The van der Waals surface area contributed by atoms with Crippen LogP contribution in [0.2, 0.25) is 0 Å². The van der Waals surface area contributed by atoms with Gasteiger partial charge >= 0.3 is 6.18 Å². The lowest BCUT2D eigenvalue weighted by Gasteiger charge is -2.23. The van der Waals surface area contributed by atoms with Gasteiger partial charge in [0.05, 0.1) is 15.9 Å². The van der Waals surface area contributed by atoms with Crippen LogP contribution in [0.3, 0.4) is 0 Å². The topological polar surface area (TPSA) is 42.7 Å². The van der Waals surface area contributed by atoms with E-state index < -0.39 is 17.7 Å². The first kappa shape index (κ1) is 20.4. The Balaban J connectivity index is 1.75. The molecule has 0 unspecified atom stereocenters. The number of hydrogen-bond acceptors (Lipinski definition) is 4. The molecule has 0 amide bonds. The summed E-state index contributed by atoms with van der Waals surface area (Å²) in [4.78, 5) is 9.01. The van der Waals surface area contributed by atoms with Gasteiger partial charge in [0.2, 0.25) is 0 Å². The number of nitrogens with zero attached hydrogens (tertiary/aromatic N) is 3. The summed E-state index contributed by atoms with van der Waals surface area (Å²) in [5, 5.41) is 5.69. The van der Waals surface area contributed by atoms with Crippen LogP contribution >= 0.6 is 11.3 Å². The standard InChI is InChI=1S/C22H20F4N4S/c23-14-3-4-15-16(12-14)28-20(22(24,25)26)18-19(15)30(10-7-13-5-8-27-9-6-13)21(29-18)17-2-1-11-31-17/h1-4,11-13,27H,5-10H2. The Morgan fingerprint density at radius 3 is 2.65 bits per heavy atom. The molecule has 0 radical (unpaired) electrons. The van der Waals surface area contributed by atoms with Gasteiger partial charge in [-0.2, -0.15) is 13.2 Å². The Morgan fingerprint density at radius 2 is 1.94 bits per heavy atom. The van der Waals surface area contributed by atoms with E-state index in [1.54, 1.807) is 0 Å². The Bertz CT molecular complexity index is 1220. The second kappa shape index (κ2) is 7.87. The van der Waals surface area contributed by atoms with Crippen molar-refractivity contribution in [2.24, 2.45) is 5.92 Å². The zero-order valence-electron chi connectivity index (χ0n) is 16.5. The molecule has 4 nitrogen and oxygen atoms in total. The fraction of sp³-hybridized carbons (Fsp3) is 0.364. The van der Waals surface area contributed by atoms with Crippen molar-refractivity contribution in [1.29, 1.82) is 0 Å². The molecule has 0 spiro atoms. The second-order valence-corrected chi connectivity index (χ2v) is 8.81. The van der Waals surface area contributed by atoms with E-state index >= 15 is 0 Å². The van der Waals surface area contributed by atoms with E-state index in [1.807, 2.05) is 22.1 Å². The third-order valence-corrected chi connectivity index (χ3v) is 6.73. The number of hydrogen-bond donors (Lipinski definition) is 1. The van der Waals surface area contributed by atoms with E-state index in [4.69, 9.17) is 0 Å². The van der Waals surface area contributed by atoms with Crippen molar-refractivity contribution in [2.45, 2.75) is 32.0 Å². The SMILES string of the molecule is Fc1ccc2c(c1)nc(C(F)(F)F)c1nc(-c3cccs3)n(CCC3CCNCC3)c12. The summed E-state index contributed by atoms with van der Waals surface area (Å²) in [7, 11) is 0. The number of fused-ring (bicyclic) bond motifs is 3. The second-order valence-electron chi connectivity index (χ2n) is 7.86. The van der Waals surface area contributed by atoms with E-state index in [2.05, 4.69) is 15.3 Å². The molecule has 1 saturated heterocycles. The highest BCUT2D eigenvalue weighted by Gasteiger charge is 2.37. The zero-order valence-corrected chi connectivity index (χ0v) is 17.4. The van der Waals surface area contributed by atoms with Gasteiger partial charge < -0.3 is 9.88 Å². The van der Waals surface area contributed by atoms with Gasteiger partial charge in [-0.1, -0.05) is 6.07 Å². The fourth-order valence-electron chi connectivity index (χ4n) is 4.35. The molecule has 4 heterocycles. The number of pyridine rings is 1. The number of rotatable bonds is 4. The molecular formula is C22H20F4N4S. The summed E-state index contributed by atoms with van der Waals surface area (Å²) in [6.07, 6.45) is -1.76. The fourth-order valence-corrected chi connectivity index (χ4v) is 5.08. The lowest BCUT2D eigenvalue weighted by molar-refractivity contribution is -0.139. The predicted octanol–water partition coefficient (Wildman–Crippen LogP) is 5.86. The number of alkyl halides is 3. The smallest absolute Gasteiger partial charge is 0.323 e. The van der Waals surface area contributed by atoms with E-state index in [9.17, 15) is 17.6 Å². The Kier molecular flexibility index (Phi) is 5.18. The quantitative estimate of drug-likeness (QED) is 0.398. The number of aromatic nitrogens is 3. The molecule has 0 saturated carbocycles. The molecule has 1 aliphatic rings. The molecule has 1 fully saturated rings. The van der Waals surface area contributed by atoms with Crippen molar-refractivity contribution >= 4 is 33.3 Å². The molecule has 1 aromatic carbocycles. The third-order valence-electron chi connectivity index (χ3n) is 5.87. The maximum atomic E-state index is 13.9. The number of benzene rings is 1. The van der Waals surface area contributed by atoms with Crippen molar-refractivity contribution in [3.63, 3.8) is 0 Å². The van der Waals surface area contributed by atoms with Crippen molar-refractivity contribution in [3.05, 3.63) is 47.2 Å². The lowest BCUT2D eigenvalue weighted by atomic mass is 9.94. The van der Waals surface area contributed by atoms with Gasteiger partial charge in [0, 0.05) is 18.0 Å². The molecular weight excluding hydrogens is 428 g/mol. The number of halogens is 4. The average Bonchev–Trinajstić information content (AvgIpc) is 3.39. The van der Waals surface area contributed by atoms with Gasteiger partial charge in [-0.3, -0.25) is 0 Å². The summed E-state index contributed by atoms with van der Waals surface area (Å²) in [5.74, 6) is 0.386. The summed E-state index contributed by atoms with van der Waals surface area (Å²) in [6.45, 7) is 2.46. The van der Waals surface area contributed by atoms with Crippen molar-refractivity contribution in [1.82, 2.24) is 19.9 Å². The van der Waals surface area contributed by atoms with E-state index in [-0.39, 0.29) is 11.0 Å². The minimum Gasteiger partial charge on any atom is -0.323 e. The summed E-state index contributed by atoms with van der Waals surface area (Å²) < 4.78 is 57.4. The van der Waals surface area contributed by atoms with Crippen LogP contribution in [0, 0.1) is 11.7 Å². The number of imidazole rings is 1. The molecule has 162 valence electrons. The highest BCUT2D eigenvalue weighted by Crippen LogP contribution is 2.39. The number of nitrogens with one attached hydrogen (secondary N) is 1. The first-order valence-corrected chi connectivity index (χ1v) is 11.1. The first-order chi connectivity index (χ1) is 14.9.